The lowest BCUT2D eigenvalue weighted by molar-refractivity contribution is -0.137. The van der Waals surface area contributed by atoms with E-state index in [2.05, 4.69) is 4.98 Å². The van der Waals surface area contributed by atoms with Crippen LogP contribution in [0.15, 0.2) is 54.7 Å². The van der Waals surface area contributed by atoms with E-state index in [9.17, 15) is 15.0 Å². The first-order valence-electron chi connectivity index (χ1n) is 7.55. The number of esters is 1. The Balaban J connectivity index is 1.54. The Hall–Kier alpha value is -3.21. The molecule has 0 aliphatic rings. The Bertz CT molecular complexity index is 895. The van der Waals surface area contributed by atoms with Gasteiger partial charge < -0.3 is 19.9 Å². The maximum atomic E-state index is 11.7. The van der Waals surface area contributed by atoms with Crippen LogP contribution in [0.2, 0.25) is 0 Å². The number of ether oxygens (including phenoxy) is 1. The van der Waals surface area contributed by atoms with E-state index in [1.165, 1.54) is 24.3 Å². The largest absolute Gasteiger partial charge is 0.504 e. The second-order valence-electron chi connectivity index (χ2n) is 5.36. The number of carbonyl (C=O) groups is 1. The zero-order valence-corrected chi connectivity index (χ0v) is 12.9. The topological polar surface area (TPSA) is 82.6 Å². The van der Waals surface area contributed by atoms with Gasteiger partial charge in [-0.2, -0.15) is 0 Å². The number of benzene rings is 2. The number of nitrogens with one attached hydrogen (secondary N) is 1. The molecule has 1 heterocycles. The molecular formula is C19H17NO4. The molecule has 0 aliphatic carbocycles. The van der Waals surface area contributed by atoms with Crippen LogP contribution in [0.5, 0.6) is 11.5 Å². The number of para-hydroxylation sites is 1. The van der Waals surface area contributed by atoms with Gasteiger partial charge in [0.15, 0.2) is 11.5 Å². The summed E-state index contributed by atoms with van der Waals surface area (Å²) in [5.41, 5.74) is 2.76. The summed E-state index contributed by atoms with van der Waals surface area (Å²) in [6, 6.07) is 12.3. The second kappa shape index (κ2) is 6.91. The van der Waals surface area contributed by atoms with E-state index in [1.54, 1.807) is 6.07 Å². The van der Waals surface area contributed by atoms with E-state index in [0.29, 0.717) is 12.0 Å². The third-order valence-electron chi connectivity index (χ3n) is 3.70. The summed E-state index contributed by atoms with van der Waals surface area (Å²) in [5.74, 6) is -0.888. The van der Waals surface area contributed by atoms with Crippen molar-refractivity contribution in [2.24, 2.45) is 0 Å². The van der Waals surface area contributed by atoms with Crippen molar-refractivity contribution in [3.05, 3.63) is 65.9 Å². The summed E-state index contributed by atoms with van der Waals surface area (Å²) in [6.45, 7) is 0.284. The summed E-state index contributed by atoms with van der Waals surface area (Å²) >= 11 is 0. The number of phenols is 2. The Morgan fingerprint density at radius 2 is 1.96 bits per heavy atom. The molecule has 24 heavy (non-hydrogen) atoms. The van der Waals surface area contributed by atoms with Crippen LogP contribution < -0.4 is 0 Å². The molecule has 2 aromatic carbocycles. The van der Waals surface area contributed by atoms with Gasteiger partial charge in [0.05, 0.1) is 6.61 Å². The Kier molecular flexibility index (Phi) is 4.52. The number of hydrogen-bond donors (Lipinski definition) is 3. The van der Waals surface area contributed by atoms with E-state index >= 15 is 0 Å². The predicted octanol–water partition coefficient (Wildman–Crippen LogP) is 3.38. The molecule has 3 rings (SSSR count). The highest BCUT2D eigenvalue weighted by atomic mass is 16.5. The lowest BCUT2D eigenvalue weighted by Crippen LogP contribution is -2.04. The molecule has 5 heteroatoms. The van der Waals surface area contributed by atoms with Crippen molar-refractivity contribution in [1.29, 1.82) is 0 Å². The zero-order chi connectivity index (χ0) is 16.9. The molecule has 0 bridgehead atoms. The third kappa shape index (κ3) is 3.57. The molecule has 5 nitrogen and oxygen atoms in total. The zero-order valence-electron chi connectivity index (χ0n) is 12.9. The van der Waals surface area contributed by atoms with Crippen LogP contribution in [0.4, 0.5) is 0 Å². The maximum absolute atomic E-state index is 11.7. The SMILES string of the molecule is O=C(/C=C/c1ccc(O)c(O)c1)OCCc1c[nH]c2ccccc12. The van der Waals surface area contributed by atoms with E-state index in [0.717, 1.165) is 16.5 Å². The van der Waals surface area contributed by atoms with Gasteiger partial charge in [0.2, 0.25) is 0 Å². The lowest BCUT2D eigenvalue weighted by Gasteiger charge is -2.02. The first-order chi connectivity index (χ1) is 11.6. The van der Waals surface area contributed by atoms with Gasteiger partial charge in [0.1, 0.15) is 0 Å². The summed E-state index contributed by atoms with van der Waals surface area (Å²) in [5, 5.41) is 19.8. The van der Waals surface area contributed by atoms with Crippen LogP contribution in [0.3, 0.4) is 0 Å². The first-order valence-corrected chi connectivity index (χ1v) is 7.55. The summed E-state index contributed by atoms with van der Waals surface area (Å²) in [6.07, 6.45) is 5.37. The van der Waals surface area contributed by atoms with Crippen molar-refractivity contribution in [3.63, 3.8) is 0 Å². The van der Waals surface area contributed by atoms with Crippen LogP contribution in [0.25, 0.3) is 17.0 Å². The number of phenolic OH excluding ortho intramolecular Hbond substituents is 2. The predicted molar refractivity (Wildman–Crippen MR) is 91.8 cm³/mol. The van der Waals surface area contributed by atoms with Crippen LogP contribution in [0, 0.1) is 0 Å². The van der Waals surface area contributed by atoms with Gasteiger partial charge in [-0.15, -0.1) is 0 Å². The number of aromatic amines is 1. The average Bonchev–Trinajstić information content (AvgIpc) is 2.99. The number of aromatic nitrogens is 1. The van der Waals surface area contributed by atoms with Gasteiger partial charge in [-0.3, -0.25) is 0 Å². The molecule has 0 spiro atoms. The molecule has 0 unspecified atom stereocenters. The second-order valence-corrected chi connectivity index (χ2v) is 5.36. The van der Waals surface area contributed by atoms with E-state index in [-0.39, 0.29) is 18.1 Å². The van der Waals surface area contributed by atoms with Gasteiger partial charge in [-0.1, -0.05) is 24.3 Å². The standard InChI is InChI=1S/C19H17NO4/c21-17-7-5-13(11-18(17)22)6-8-19(23)24-10-9-14-12-20-16-4-2-1-3-15(14)16/h1-8,11-12,20-22H,9-10H2/b8-6+. The molecule has 122 valence electrons. The number of rotatable bonds is 5. The van der Waals surface area contributed by atoms with Crippen molar-refractivity contribution in [2.75, 3.05) is 6.61 Å². The van der Waals surface area contributed by atoms with Crippen LogP contribution in [0.1, 0.15) is 11.1 Å². The fraction of sp³-hybridized carbons (Fsp3) is 0.105. The fourth-order valence-corrected chi connectivity index (χ4v) is 2.46. The number of fused-ring (bicyclic) bond motifs is 1. The highest BCUT2D eigenvalue weighted by molar-refractivity contribution is 5.87. The lowest BCUT2D eigenvalue weighted by atomic mass is 10.1. The molecular weight excluding hydrogens is 306 g/mol. The van der Waals surface area contributed by atoms with E-state index in [1.807, 2.05) is 30.5 Å². The highest BCUT2D eigenvalue weighted by Crippen LogP contribution is 2.25. The van der Waals surface area contributed by atoms with Crippen molar-refractivity contribution < 1.29 is 19.7 Å². The van der Waals surface area contributed by atoms with E-state index in [4.69, 9.17) is 4.74 Å². The van der Waals surface area contributed by atoms with Gasteiger partial charge in [0, 0.05) is 29.6 Å². The number of H-pyrrole nitrogens is 1. The number of hydrogen-bond acceptors (Lipinski definition) is 4. The molecule has 1 aromatic heterocycles. The number of aromatic hydroxyl groups is 2. The molecule has 0 atom stereocenters. The van der Waals surface area contributed by atoms with Crippen molar-refractivity contribution >= 4 is 22.9 Å². The Morgan fingerprint density at radius 1 is 1.12 bits per heavy atom. The Labute approximate surface area is 138 Å². The van der Waals surface area contributed by atoms with Gasteiger partial charge in [-0.25, -0.2) is 4.79 Å². The quantitative estimate of drug-likeness (QED) is 0.382. The minimum absolute atomic E-state index is 0.201. The fourth-order valence-electron chi connectivity index (χ4n) is 2.46. The maximum Gasteiger partial charge on any atom is 0.330 e. The summed E-state index contributed by atoms with van der Waals surface area (Å²) < 4.78 is 5.19. The van der Waals surface area contributed by atoms with Crippen molar-refractivity contribution in [1.82, 2.24) is 4.98 Å². The van der Waals surface area contributed by atoms with Gasteiger partial charge in [0.25, 0.3) is 0 Å². The van der Waals surface area contributed by atoms with Crippen molar-refractivity contribution in [3.8, 4) is 11.5 Å². The smallest absolute Gasteiger partial charge is 0.330 e. The van der Waals surface area contributed by atoms with Crippen LogP contribution in [-0.2, 0) is 16.0 Å². The summed E-state index contributed by atoms with van der Waals surface area (Å²) in [4.78, 5) is 14.9. The monoisotopic (exact) mass is 323 g/mol. The highest BCUT2D eigenvalue weighted by Gasteiger charge is 2.04. The molecule has 0 aliphatic heterocycles. The normalized spacial score (nSPS) is 11.2. The molecule has 0 radical (unpaired) electrons. The molecule has 0 saturated heterocycles. The van der Waals surface area contributed by atoms with Crippen LogP contribution >= 0.6 is 0 Å². The van der Waals surface area contributed by atoms with E-state index < -0.39 is 5.97 Å². The average molecular weight is 323 g/mol. The van der Waals surface area contributed by atoms with Gasteiger partial charge in [-0.05, 0) is 35.4 Å². The first kappa shape index (κ1) is 15.7. The molecule has 3 aromatic rings. The Morgan fingerprint density at radius 3 is 2.79 bits per heavy atom. The molecule has 0 fully saturated rings. The number of carbonyl (C=O) groups excluding carboxylic acids is 1. The molecule has 0 amide bonds. The van der Waals surface area contributed by atoms with Crippen molar-refractivity contribution in [2.45, 2.75) is 6.42 Å². The van der Waals surface area contributed by atoms with Crippen LogP contribution in [-0.4, -0.2) is 27.8 Å². The van der Waals surface area contributed by atoms with Gasteiger partial charge >= 0.3 is 5.97 Å². The third-order valence-corrected chi connectivity index (χ3v) is 3.70. The molecule has 3 N–H and O–H groups in total. The molecule has 0 saturated carbocycles. The summed E-state index contributed by atoms with van der Waals surface area (Å²) in [7, 11) is 0. The minimum Gasteiger partial charge on any atom is -0.504 e. The minimum atomic E-state index is -0.456.